The molecular formula is C25H39NO3. The van der Waals surface area contributed by atoms with Crippen molar-refractivity contribution < 1.29 is 15.0 Å². The fourth-order valence-electron chi connectivity index (χ4n) is 4.55. The van der Waals surface area contributed by atoms with Crippen LogP contribution < -0.4 is 0 Å². The van der Waals surface area contributed by atoms with E-state index in [1.165, 1.54) is 5.57 Å². The van der Waals surface area contributed by atoms with E-state index in [0.29, 0.717) is 24.7 Å². The molecule has 0 aromatic carbocycles. The number of unbranched alkanes of at least 4 members (excludes halogenated alkanes) is 1. The maximum Gasteiger partial charge on any atom is 0.222 e. The zero-order chi connectivity index (χ0) is 21.4. The molecule has 0 radical (unpaired) electrons. The Morgan fingerprint density at radius 1 is 1.34 bits per heavy atom. The lowest BCUT2D eigenvalue weighted by Crippen LogP contribution is -2.21. The lowest BCUT2D eigenvalue weighted by molar-refractivity contribution is -0.128. The lowest BCUT2D eigenvalue weighted by atomic mass is 9.88. The Morgan fingerprint density at radius 2 is 2.10 bits per heavy atom. The third-order valence-electron chi connectivity index (χ3n) is 6.43. The fourth-order valence-corrected chi connectivity index (χ4v) is 4.55. The van der Waals surface area contributed by atoms with Crippen molar-refractivity contribution in [1.82, 2.24) is 4.90 Å². The highest BCUT2D eigenvalue weighted by Crippen LogP contribution is 2.48. The molecule has 6 atom stereocenters. The number of hydrogen-bond donors (Lipinski definition) is 2. The summed E-state index contributed by atoms with van der Waals surface area (Å²) in [5.41, 5.74) is 1.48. The second-order valence-corrected chi connectivity index (χ2v) is 9.00. The van der Waals surface area contributed by atoms with Crippen molar-refractivity contribution in [3.63, 3.8) is 0 Å². The average molecular weight is 402 g/mol. The molecule has 2 N–H and O–H groups in total. The summed E-state index contributed by atoms with van der Waals surface area (Å²) in [6.07, 6.45) is 12.5. The third-order valence-corrected chi connectivity index (χ3v) is 6.43. The van der Waals surface area contributed by atoms with Crippen molar-refractivity contribution in [3.8, 4) is 11.8 Å². The molecule has 4 heteroatoms. The smallest absolute Gasteiger partial charge is 0.222 e. The lowest BCUT2D eigenvalue weighted by Gasteiger charge is -2.20. The SMILES string of the molecule is CCC#CC[C@H](C)[C@H](O)/C=C/[C@@H]1[C@H]2CC(CCCCC(=O)N(C)C)=C[C@H]2C[C@H]1O. The Morgan fingerprint density at radius 3 is 2.79 bits per heavy atom. The van der Waals surface area contributed by atoms with E-state index in [1.54, 1.807) is 19.0 Å². The van der Waals surface area contributed by atoms with Gasteiger partial charge in [0.05, 0.1) is 12.2 Å². The molecule has 0 aliphatic heterocycles. The number of hydrogen-bond acceptors (Lipinski definition) is 3. The van der Waals surface area contributed by atoms with E-state index in [1.807, 2.05) is 19.9 Å². The van der Waals surface area contributed by atoms with Gasteiger partial charge < -0.3 is 15.1 Å². The standard InChI is InChI=1S/C25H39NO3/c1-5-6-7-10-18(2)23(27)14-13-21-22-16-19(15-20(22)17-24(21)28)11-8-9-12-25(29)26(3)4/h13-15,18,20-24,27-28H,5,8-12,16-17H2,1-4H3/b14-13+/t18-,20-,21+,22-,23+,24+/m0/s1. The van der Waals surface area contributed by atoms with Crippen LogP contribution in [0.2, 0.25) is 0 Å². The van der Waals surface area contributed by atoms with Gasteiger partial charge in [0.1, 0.15) is 0 Å². The van der Waals surface area contributed by atoms with E-state index >= 15 is 0 Å². The zero-order valence-corrected chi connectivity index (χ0v) is 18.6. The number of nitrogens with zero attached hydrogens (tertiary/aromatic N) is 1. The van der Waals surface area contributed by atoms with Gasteiger partial charge in [-0.2, -0.15) is 0 Å². The van der Waals surface area contributed by atoms with Gasteiger partial charge in [-0.1, -0.05) is 37.6 Å². The highest BCUT2D eigenvalue weighted by Gasteiger charge is 2.43. The molecule has 2 aliphatic rings. The number of rotatable bonds is 9. The third kappa shape index (κ3) is 7.01. The highest BCUT2D eigenvalue weighted by atomic mass is 16.3. The molecule has 0 aromatic heterocycles. The van der Waals surface area contributed by atoms with E-state index in [4.69, 9.17) is 0 Å². The van der Waals surface area contributed by atoms with Gasteiger partial charge in [0.25, 0.3) is 0 Å². The van der Waals surface area contributed by atoms with Crippen LogP contribution in [0.4, 0.5) is 0 Å². The van der Waals surface area contributed by atoms with Crippen molar-refractivity contribution in [2.45, 2.75) is 77.4 Å². The number of allylic oxidation sites excluding steroid dienone is 2. The summed E-state index contributed by atoms with van der Waals surface area (Å²) in [4.78, 5) is 13.3. The Balaban J connectivity index is 1.81. The van der Waals surface area contributed by atoms with Crippen LogP contribution in [0.5, 0.6) is 0 Å². The van der Waals surface area contributed by atoms with Crippen molar-refractivity contribution in [2.75, 3.05) is 14.1 Å². The van der Waals surface area contributed by atoms with Crippen LogP contribution in [0.15, 0.2) is 23.8 Å². The number of aliphatic hydroxyl groups is 2. The summed E-state index contributed by atoms with van der Waals surface area (Å²) in [6.45, 7) is 4.04. The van der Waals surface area contributed by atoms with Gasteiger partial charge in [-0.3, -0.25) is 4.79 Å². The molecule has 162 valence electrons. The summed E-state index contributed by atoms with van der Waals surface area (Å²) in [6, 6.07) is 0. The van der Waals surface area contributed by atoms with Gasteiger partial charge in [-0.15, -0.1) is 11.8 Å². The molecule has 4 nitrogen and oxygen atoms in total. The van der Waals surface area contributed by atoms with E-state index in [0.717, 1.165) is 38.5 Å². The van der Waals surface area contributed by atoms with E-state index in [9.17, 15) is 15.0 Å². The quantitative estimate of drug-likeness (QED) is 0.350. The molecule has 0 aromatic rings. The van der Waals surface area contributed by atoms with Crippen LogP contribution in [0.25, 0.3) is 0 Å². The average Bonchev–Trinajstić information content (AvgIpc) is 3.19. The minimum Gasteiger partial charge on any atom is -0.392 e. The maximum absolute atomic E-state index is 11.7. The predicted molar refractivity (Wildman–Crippen MR) is 118 cm³/mol. The van der Waals surface area contributed by atoms with Gasteiger partial charge in [0.15, 0.2) is 0 Å². The van der Waals surface area contributed by atoms with Gasteiger partial charge in [-0.25, -0.2) is 0 Å². The number of aliphatic hydroxyl groups excluding tert-OH is 2. The van der Waals surface area contributed by atoms with Crippen LogP contribution in [0, 0.1) is 35.5 Å². The fraction of sp³-hybridized carbons (Fsp3) is 0.720. The van der Waals surface area contributed by atoms with E-state index < -0.39 is 6.10 Å². The topological polar surface area (TPSA) is 60.8 Å². The molecule has 1 fully saturated rings. The molecule has 1 amide bonds. The molecular weight excluding hydrogens is 362 g/mol. The molecule has 0 bridgehead atoms. The minimum atomic E-state index is -0.518. The predicted octanol–water partition coefficient (Wildman–Crippen LogP) is 3.94. The first-order valence-corrected chi connectivity index (χ1v) is 11.2. The largest absolute Gasteiger partial charge is 0.392 e. The first-order valence-electron chi connectivity index (χ1n) is 11.2. The Bertz CT molecular complexity index is 655. The van der Waals surface area contributed by atoms with Crippen LogP contribution >= 0.6 is 0 Å². The molecule has 0 saturated heterocycles. The number of fused-ring (bicyclic) bond motifs is 1. The van der Waals surface area contributed by atoms with Crippen LogP contribution in [-0.4, -0.2) is 47.3 Å². The molecule has 2 rings (SSSR count). The molecule has 0 spiro atoms. The molecule has 0 unspecified atom stereocenters. The van der Waals surface area contributed by atoms with E-state index in [2.05, 4.69) is 24.0 Å². The Hall–Kier alpha value is -1.57. The first kappa shape index (κ1) is 23.7. The Labute approximate surface area is 177 Å². The Kier molecular flexibility index (Phi) is 9.46. The summed E-state index contributed by atoms with van der Waals surface area (Å²) in [7, 11) is 3.61. The molecule has 29 heavy (non-hydrogen) atoms. The molecule has 2 aliphatic carbocycles. The second-order valence-electron chi connectivity index (χ2n) is 9.00. The van der Waals surface area contributed by atoms with Gasteiger partial charge in [0.2, 0.25) is 5.91 Å². The van der Waals surface area contributed by atoms with Crippen molar-refractivity contribution in [1.29, 1.82) is 0 Å². The van der Waals surface area contributed by atoms with Gasteiger partial charge >= 0.3 is 0 Å². The van der Waals surface area contributed by atoms with Crippen LogP contribution in [0.3, 0.4) is 0 Å². The summed E-state index contributed by atoms with van der Waals surface area (Å²) < 4.78 is 0. The normalized spacial score (nSPS) is 27.9. The number of amides is 1. The number of carbonyl (C=O) groups is 1. The van der Waals surface area contributed by atoms with Crippen LogP contribution in [-0.2, 0) is 4.79 Å². The summed E-state index contributed by atoms with van der Waals surface area (Å²) in [5, 5.41) is 20.9. The van der Waals surface area contributed by atoms with Crippen molar-refractivity contribution in [2.24, 2.45) is 23.7 Å². The molecule has 1 saturated carbocycles. The minimum absolute atomic E-state index is 0.0989. The summed E-state index contributed by atoms with van der Waals surface area (Å²) >= 11 is 0. The van der Waals surface area contributed by atoms with Crippen molar-refractivity contribution >= 4 is 5.91 Å². The summed E-state index contributed by atoms with van der Waals surface area (Å²) in [5.74, 6) is 7.47. The van der Waals surface area contributed by atoms with Gasteiger partial charge in [0, 0.05) is 39.3 Å². The second kappa shape index (κ2) is 11.6. The van der Waals surface area contributed by atoms with Crippen LogP contribution in [0.1, 0.15) is 65.2 Å². The first-order chi connectivity index (χ1) is 13.8. The highest BCUT2D eigenvalue weighted by molar-refractivity contribution is 5.75. The number of carbonyl (C=O) groups excluding carboxylic acids is 1. The zero-order valence-electron chi connectivity index (χ0n) is 18.6. The van der Waals surface area contributed by atoms with Gasteiger partial charge in [-0.05, 0) is 49.9 Å². The monoisotopic (exact) mass is 401 g/mol. The van der Waals surface area contributed by atoms with Crippen molar-refractivity contribution in [3.05, 3.63) is 23.8 Å². The van der Waals surface area contributed by atoms with E-state index in [-0.39, 0.29) is 23.8 Å². The molecule has 0 heterocycles. The maximum atomic E-state index is 11.7.